The molecule has 2 unspecified atom stereocenters. The number of hydrogen-bond donors (Lipinski definition) is 1. The minimum atomic E-state index is -0.466. The molecule has 2 atom stereocenters. The number of benzene rings is 1. The lowest BCUT2D eigenvalue weighted by Gasteiger charge is -2.32. The minimum Gasteiger partial charge on any atom is -0.491 e. The second kappa shape index (κ2) is 6.89. The number of hydrogen-bond acceptors (Lipinski definition) is 4. The topological polar surface area (TPSA) is 41.9 Å². The molecule has 19 heavy (non-hydrogen) atoms. The molecule has 1 aromatic carbocycles. The van der Waals surface area contributed by atoms with Gasteiger partial charge in [-0.1, -0.05) is 17.7 Å². The molecule has 1 saturated heterocycles. The third-order valence-electron chi connectivity index (χ3n) is 3.26. The van der Waals surface area contributed by atoms with Crippen molar-refractivity contribution in [3.8, 4) is 5.75 Å². The second-order valence-electron chi connectivity index (χ2n) is 5.22. The van der Waals surface area contributed by atoms with E-state index in [1.165, 1.54) is 5.56 Å². The van der Waals surface area contributed by atoms with E-state index >= 15 is 0 Å². The number of β-amino-alcohol motifs (C(OH)–C–C–N with tert-alkyl or cyclic N) is 1. The Labute approximate surface area is 114 Å². The maximum Gasteiger partial charge on any atom is 0.119 e. The van der Waals surface area contributed by atoms with Crippen molar-refractivity contribution in [3.05, 3.63) is 29.8 Å². The molecule has 1 N–H and O–H groups in total. The summed E-state index contributed by atoms with van der Waals surface area (Å²) >= 11 is 0. The van der Waals surface area contributed by atoms with Gasteiger partial charge in [-0.3, -0.25) is 4.90 Å². The highest BCUT2D eigenvalue weighted by atomic mass is 16.5. The van der Waals surface area contributed by atoms with E-state index in [9.17, 15) is 5.11 Å². The van der Waals surface area contributed by atoms with E-state index in [0.29, 0.717) is 13.2 Å². The maximum atomic E-state index is 10.00. The van der Waals surface area contributed by atoms with Gasteiger partial charge in [-0.2, -0.15) is 0 Å². The molecule has 1 fully saturated rings. The molecule has 4 heteroatoms. The molecular weight excluding hydrogens is 242 g/mol. The van der Waals surface area contributed by atoms with Crippen LogP contribution in [0.4, 0.5) is 0 Å². The summed E-state index contributed by atoms with van der Waals surface area (Å²) in [6, 6.07) is 7.87. The van der Waals surface area contributed by atoms with Crippen LogP contribution in [0.3, 0.4) is 0 Å². The van der Waals surface area contributed by atoms with E-state index < -0.39 is 6.10 Å². The Morgan fingerprint density at radius 3 is 2.84 bits per heavy atom. The highest BCUT2D eigenvalue weighted by molar-refractivity contribution is 5.26. The van der Waals surface area contributed by atoms with Crippen molar-refractivity contribution in [2.24, 2.45) is 0 Å². The van der Waals surface area contributed by atoms with E-state index in [2.05, 4.69) is 11.8 Å². The summed E-state index contributed by atoms with van der Waals surface area (Å²) in [5, 5.41) is 10.00. The van der Waals surface area contributed by atoms with Gasteiger partial charge in [0.05, 0.1) is 12.7 Å². The molecular formula is C15H23NO3. The fraction of sp³-hybridized carbons (Fsp3) is 0.600. The first kappa shape index (κ1) is 14.3. The van der Waals surface area contributed by atoms with Gasteiger partial charge in [0.15, 0.2) is 0 Å². The summed E-state index contributed by atoms with van der Waals surface area (Å²) in [5.41, 5.74) is 1.20. The average Bonchev–Trinajstić information content (AvgIpc) is 2.38. The number of morpholine rings is 1. The number of rotatable bonds is 5. The first-order chi connectivity index (χ1) is 9.13. The van der Waals surface area contributed by atoms with Gasteiger partial charge < -0.3 is 14.6 Å². The predicted molar refractivity (Wildman–Crippen MR) is 74.5 cm³/mol. The Balaban J connectivity index is 1.72. The highest BCUT2D eigenvalue weighted by Crippen LogP contribution is 2.12. The number of nitrogens with zero attached hydrogens (tertiary/aromatic N) is 1. The fourth-order valence-corrected chi connectivity index (χ4v) is 2.23. The third kappa shape index (κ3) is 4.82. The van der Waals surface area contributed by atoms with Crippen molar-refractivity contribution in [2.45, 2.75) is 26.1 Å². The van der Waals surface area contributed by atoms with Gasteiger partial charge in [0.2, 0.25) is 0 Å². The zero-order valence-corrected chi connectivity index (χ0v) is 11.7. The van der Waals surface area contributed by atoms with Crippen molar-refractivity contribution < 1.29 is 14.6 Å². The Hall–Kier alpha value is -1.10. The van der Waals surface area contributed by atoms with Crippen LogP contribution < -0.4 is 4.74 Å². The van der Waals surface area contributed by atoms with Crippen LogP contribution in [-0.2, 0) is 4.74 Å². The van der Waals surface area contributed by atoms with Crippen LogP contribution in [0.1, 0.15) is 12.5 Å². The van der Waals surface area contributed by atoms with E-state index in [-0.39, 0.29) is 6.10 Å². The summed E-state index contributed by atoms with van der Waals surface area (Å²) in [7, 11) is 0. The van der Waals surface area contributed by atoms with Gasteiger partial charge in [-0.15, -0.1) is 0 Å². The molecule has 0 aliphatic carbocycles. The molecule has 0 saturated carbocycles. The maximum absolute atomic E-state index is 10.00. The van der Waals surface area contributed by atoms with Gasteiger partial charge in [-0.25, -0.2) is 0 Å². The molecule has 4 nitrogen and oxygen atoms in total. The SMILES string of the molecule is Cc1ccc(OCC(O)CN2CCOC(C)C2)cc1. The van der Waals surface area contributed by atoms with Crippen LogP contribution in [0.25, 0.3) is 0 Å². The fourth-order valence-electron chi connectivity index (χ4n) is 2.23. The first-order valence-electron chi connectivity index (χ1n) is 6.85. The quantitative estimate of drug-likeness (QED) is 0.875. The van der Waals surface area contributed by atoms with Crippen molar-refractivity contribution in [1.82, 2.24) is 4.90 Å². The van der Waals surface area contributed by atoms with E-state index in [1.807, 2.05) is 31.2 Å². The second-order valence-corrected chi connectivity index (χ2v) is 5.22. The zero-order chi connectivity index (χ0) is 13.7. The first-order valence-corrected chi connectivity index (χ1v) is 6.85. The van der Waals surface area contributed by atoms with E-state index in [1.54, 1.807) is 0 Å². The zero-order valence-electron chi connectivity index (χ0n) is 11.7. The standard InChI is InChI=1S/C15H23NO3/c1-12-3-5-15(6-4-12)19-11-14(17)10-16-7-8-18-13(2)9-16/h3-6,13-14,17H,7-11H2,1-2H3. The van der Waals surface area contributed by atoms with Crippen LogP contribution in [0.15, 0.2) is 24.3 Å². The van der Waals surface area contributed by atoms with Crippen LogP contribution in [0, 0.1) is 6.92 Å². The molecule has 0 bridgehead atoms. The van der Waals surface area contributed by atoms with Crippen molar-refractivity contribution in [2.75, 3.05) is 32.8 Å². The molecule has 0 aromatic heterocycles. The minimum absolute atomic E-state index is 0.249. The molecule has 1 heterocycles. The molecule has 1 aliphatic heterocycles. The Morgan fingerprint density at radius 1 is 1.42 bits per heavy atom. The average molecular weight is 265 g/mol. The largest absolute Gasteiger partial charge is 0.491 e. The Kier molecular flexibility index (Phi) is 5.19. The molecule has 2 rings (SSSR count). The highest BCUT2D eigenvalue weighted by Gasteiger charge is 2.19. The monoisotopic (exact) mass is 265 g/mol. The molecule has 0 radical (unpaired) electrons. The molecule has 106 valence electrons. The summed E-state index contributed by atoms with van der Waals surface area (Å²) in [6.45, 7) is 7.56. The summed E-state index contributed by atoms with van der Waals surface area (Å²) in [5.74, 6) is 0.806. The predicted octanol–water partition coefficient (Wildman–Crippen LogP) is 1.46. The number of aliphatic hydroxyl groups is 1. The van der Waals surface area contributed by atoms with Crippen molar-refractivity contribution in [3.63, 3.8) is 0 Å². The Morgan fingerprint density at radius 2 is 2.16 bits per heavy atom. The molecule has 1 aromatic rings. The van der Waals surface area contributed by atoms with Crippen LogP contribution in [-0.4, -0.2) is 55.1 Å². The van der Waals surface area contributed by atoms with Crippen LogP contribution >= 0.6 is 0 Å². The van der Waals surface area contributed by atoms with Gasteiger partial charge >= 0.3 is 0 Å². The Bertz CT molecular complexity index is 379. The smallest absolute Gasteiger partial charge is 0.119 e. The molecule has 1 aliphatic rings. The number of aliphatic hydroxyl groups excluding tert-OH is 1. The lowest BCUT2D eigenvalue weighted by molar-refractivity contribution is -0.0361. The normalized spacial score (nSPS) is 22.2. The summed E-state index contributed by atoms with van der Waals surface area (Å²) < 4.78 is 11.1. The van der Waals surface area contributed by atoms with E-state index in [0.717, 1.165) is 25.4 Å². The lowest BCUT2D eigenvalue weighted by Crippen LogP contribution is -2.45. The number of ether oxygens (including phenoxy) is 2. The van der Waals surface area contributed by atoms with Crippen LogP contribution in [0.5, 0.6) is 5.75 Å². The molecule has 0 amide bonds. The van der Waals surface area contributed by atoms with Crippen LogP contribution in [0.2, 0.25) is 0 Å². The van der Waals surface area contributed by atoms with E-state index in [4.69, 9.17) is 9.47 Å². The van der Waals surface area contributed by atoms with Gasteiger partial charge in [0, 0.05) is 19.6 Å². The lowest BCUT2D eigenvalue weighted by atomic mass is 10.2. The van der Waals surface area contributed by atoms with Crippen molar-refractivity contribution in [1.29, 1.82) is 0 Å². The summed E-state index contributed by atoms with van der Waals surface area (Å²) in [4.78, 5) is 2.22. The third-order valence-corrected chi connectivity index (χ3v) is 3.26. The van der Waals surface area contributed by atoms with Crippen molar-refractivity contribution >= 4 is 0 Å². The number of aryl methyl sites for hydroxylation is 1. The molecule has 0 spiro atoms. The van der Waals surface area contributed by atoms with Gasteiger partial charge in [-0.05, 0) is 26.0 Å². The summed E-state index contributed by atoms with van der Waals surface area (Å²) in [6.07, 6.45) is -0.217. The van der Waals surface area contributed by atoms with Gasteiger partial charge in [0.1, 0.15) is 18.5 Å². The van der Waals surface area contributed by atoms with Gasteiger partial charge in [0.25, 0.3) is 0 Å².